The number of nitrogens with one attached hydrogen (secondary N) is 1. The van der Waals surface area contributed by atoms with Crippen molar-refractivity contribution in [2.45, 2.75) is 13.8 Å². The summed E-state index contributed by atoms with van der Waals surface area (Å²) in [6, 6.07) is 11.9. The molecule has 3 aromatic rings. The third kappa shape index (κ3) is 4.18. The number of anilines is 3. The van der Waals surface area contributed by atoms with Crippen LogP contribution in [0.3, 0.4) is 0 Å². The van der Waals surface area contributed by atoms with Gasteiger partial charge in [0.2, 0.25) is 5.95 Å². The minimum absolute atomic E-state index is 0.200. The van der Waals surface area contributed by atoms with Crippen LogP contribution in [0.5, 0.6) is 0 Å². The van der Waals surface area contributed by atoms with Gasteiger partial charge in [-0.05, 0) is 37.1 Å². The summed E-state index contributed by atoms with van der Waals surface area (Å²) < 4.78 is 0. The Morgan fingerprint density at radius 1 is 0.862 bits per heavy atom. The quantitative estimate of drug-likeness (QED) is 0.740. The van der Waals surface area contributed by atoms with Gasteiger partial charge in [0.15, 0.2) is 0 Å². The van der Waals surface area contributed by atoms with Crippen molar-refractivity contribution in [1.29, 1.82) is 0 Å². The molecule has 1 amide bonds. The van der Waals surface area contributed by atoms with Crippen LogP contribution in [0.1, 0.15) is 21.5 Å². The van der Waals surface area contributed by atoms with Gasteiger partial charge >= 0.3 is 0 Å². The van der Waals surface area contributed by atoms with Gasteiger partial charge in [-0.25, -0.2) is 15.0 Å². The van der Waals surface area contributed by atoms with Crippen LogP contribution in [-0.2, 0) is 0 Å². The number of para-hydroxylation sites is 1. The van der Waals surface area contributed by atoms with E-state index in [1.807, 2.05) is 56.4 Å². The van der Waals surface area contributed by atoms with E-state index in [1.165, 1.54) is 0 Å². The first-order valence-corrected chi connectivity index (χ1v) is 9.72. The summed E-state index contributed by atoms with van der Waals surface area (Å²) in [6.07, 6.45) is 5.00. The Morgan fingerprint density at radius 2 is 1.52 bits per heavy atom. The van der Waals surface area contributed by atoms with Crippen LogP contribution in [0, 0.1) is 13.8 Å². The lowest BCUT2D eigenvalue weighted by Gasteiger charge is -2.35. The number of benzene rings is 1. The lowest BCUT2D eigenvalue weighted by Crippen LogP contribution is -2.47. The Balaban J connectivity index is 1.39. The summed E-state index contributed by atoms with van der Waals surface area (Å²) in [4.78, 5) is 30.2. The summed E-state index contributed by atoms with van der Waals surface area (Å²) in [6.45, 7) is 7.29. The fourth-order valence-corrected chi connectivity index (χ4v) is 3.48. The minimum Gasteiger partial charge on any atom is -0.353 e. The third-order valence-electron chi connectivity index (χ3n) is 5.16. The summed E-state index contributed by atoms with van der Waals surface area (Å²) >= 11 is 0. The summed E-state index contributed by atoms with van der Waals surface area (Å²) in [5, 5.41) is 2.97. The summed E-state index contributed by atoms with van der Waals surface area (Å²) in [5.74, 6) is 1.44. The van der Waals surface area contributed by atoms with Gasteiger partial charge in [-0.15, -0.1) is 0 Å². The first-order chi connectivity index (χ1) is 14.1. The second-order valence-electron chi connectivity index (χ2n) is 7.15. The van der Waals surface area contributed by atoms with Crippen molar-refractivity contribution in [3.63, 3.8) is 0 Å². The van der Waals surface area contributed by atoms with Crippen LogP contribution in [0.15, 0.2) is 55.0 Å². The molecule has 1 N–H and O–H groups in total. The Labute approximate surface area is 170 Å². The van der Waals surface area contributed by atoms with Gasteiger partial charge in [0, 0.05) is 50.5 Å². The van der Waals surface area contributed by atoms with Crippen molar-refractivity contribution in [2.24, 2.45) is 0 Å². The highest BCUT2D eigenvalue weighted by Crippen LogP contribution is 2.20. The van der Waals surface area contributed by atoms with Crippen LogP contribution in [-0.4, -0.2) is 47.0 Å². The van der Waals surface area contributed by atoms with Crippen molar-refractivity contribution in [3.05, 3.63) is 71.7 Å². The van der Waals surface area contributed by atoms with Gasteiger partial charge in [0.05, 0.1) is 5.56 Å². The molecule has 0 saturated carbocycles. The number of hydrogen-bond acceptors (Lipinski definition) is 6. The number of rotatable bonds is 4. The highest BCUT2D eigenvalue weighted by atomic mass is 16.1. The molecule has 0 atom stereocenters. The number of aromatic nitrogens is 3. The maximum absolute atomic E-state index is 12.6. The number of piperazine rings is 1. The number of hydrogen-bond donors (Lipinski definition) is 1. The van der Waals surface area contributed by atoms with Gasteiger partial charge in [-0.3, -0.25) is 4.79 Å². The topological polar surface area (TPSA) is 74.2 Å². The van der Waals surface area contributed by atoms with E-state index in [0.29, 0.717) is 11.5 Å². The molecule has 0 radical (unpaired) electrons. The molecule has 3 heterocycles. The molecule has 0 aliphatic carbocycles. The molecule has 2 aromatic heterocycles. The monoisotopic (exact) mass is 388 g/mol. The summed E-state index contributed by atoms with van der Waals surface area (Å²) in [7, 11) is 0. The molecule has 7 heteroatoms. The van der Waals surface area contributed by atoms with Gasteiger partial charge in [0.25, 0.3) is 5.91 Å². The predicted molar refractivity (Wildman–Crippen MR) is 115 cm³/mol. The van der Waals surface area contributed by atoms with Crippen LogP contribution >= 0.6 is 0 Å². The molecule has 1 aliphatic rings. The largest absolute Gasteiger partial charge is 0.353 e. The Kier molecular flexibility index (Phi) is 5.37. The first-order valence-electron chi connectivity index (χ1n) is 9.72. The number of pyridine rings is 1. The Morgan fingerprint density at radius 3 is 2.14 bits per heavy atom. The highest BCUT2D eigenvalue weighted by Gasteiger charge is 2.20. The molecule has 7 nitrogen and oxygen atoms in total. The second-order valence-corrected chi connectivity index (χ2v) is 7.15. The average Bonchev–Trinajstić information content (AvgIpc) is 2.77. The van der Waals surface area contributed by atoms with Gasteiger partial charge in [0.1, 0.15) is 5.82 Å². The number of carbonyl (C=O) groups is 1. The zero-order valence-electron chi connectivity index (χ0n) is 16.7. The van der Waals surface area contributed by atoms with E-state index >= 15 is 0 Å². The zero-order chi connectivity index (χ0) is 20.2. The van der Waals surface area contributed by atoms with Crippen molar-refractivity contribution in [1.82, 2.24) is 15.0 Å². The van der Waals surface area contributed by atoms with Crippen molar-refractivity contribution in [2.75, 3.05) is 41.3 Å². The first kappa shape index (κ1) is 18.9. The van der Waals surface area contributed by atoms with E-state index in [4.69, 9.17) is 0 Å². The Hall–Kier alpha value is -3.48. The molecule has 1 aromatic carbocycles. The SMILES string of the molecule is Cc1cccc(C)c1NC(=O)c1cnc(N2CCN(c3ccccn3)CC2)nc1. The van der Waals surface area contributed by atoms with Crippen LogP contribution in [0.25, 0.3) is 0 Å². The molecule has 0 bridgehead atoms. The molecular formula is C22H24N6O. The van der Waals surface area contributed by atoms with E-state index in [2.05, 4.69) is 30.1 Å². The van der Waals surface area contributed by atoms with E-state index in [0.717, 1.165) is 48.8 Å². The molecular weight excluding hydrogens is 364 g/mol. The fraction of sp³-hybridized carbons (Fsp3) is 0.273. The molecule has 1 saturated heterocycles. The average molecular weight is 388 g/mol. The molecule has 0 unspecified atom stereocenters. The van der Waals surface area contributed by atoms with Crippen LogP contribution in [0.2, 0.25) is 0 Å². The fourth-order valence-electron chi connectivity index (χ4n) is 3.48. The zero-order valence-corrected chi connectivity index (χ0v) is 16.7. The predicted octanol–water partition coefficient (Wildman–Crippen LogP) is 3.07. The lowest BCUT2D eigenvalue weighted by molar-refractivity contribution is 0.102. The minimum atomic E-state index is -0.200. The molecule has 29 heavy (non-hydrogen) atoms. The molecule has 4 rings (SSSR count). The lowest BCUT2D eigenvalue weighted by atomic mass is 10.1. The van der Waals surface area contributed by atoms with Crippen molar-refractivity contribution < 1.29 is 4.79 Å². The highest BCUT2D eigenvalue weighted by molar-refractivity contribution is 6.04. The Bertz CT molecular complexity index is 962. The van der Waals surface area contributed by atoms with Crippen LogP contribution in [0.4, 0.5) is 17.5 Å². The molecule has 1 fully saturated rings. The van der Waals surface area contributed by atoms with E-state index < -0.39 is 0 Å². The maximum atomic E-state index is 12.6. The van der Waals surface area contributed by atoms with Gasteiger partial charge < -0.3 is 15.1 Å². The van der Waals surface area contributed by atoms with Crippen LogP contribution < -0.4 is 15.1 Å². The smallest absolute Gasteiger partial charge is 0.258 e. The van der Waals surface area contributed by atoms with Crippen molar-refractivity contribution >= 4 is 23.4 Å². The number of aryl methyl sites for hydroxylation is 2. The van der Waals surface area contributed by atoms with E-state index in [1.54, 1.807) is 12.4 Å². The normalized spacial score (nSPS) is 14.0. The molecule has 0 spiro atoms. The number of carbonyl (C=O) groups excluding carboxylic acids is 1. The van der Waals surface area contributed by atoms with Gasteiger partial charge in [-0.2, -0.15) is 0 Å². The molecule has 1 aliphatic heterocycles. The number of amides is 1. The van der Waals surface area contributed by atoms with Gasteiger partial charge in [-0.1, -0.05) is 24.3 Å². The van der Waals surface area contributed by atoms with E-state index in [-0.39, 0.29) is 5.91 Å². The number of nitrogens with zero attached hydrogens (tertiary/aromatic N) is 5. The summed E-state index contributed by atoms with van der Waals surface area (Å²) in [5.41, 5.74) is 3.35. The van der Waals surface area contributed by atoms with Crippen molar-refractivity contribution in [3.8, 4) is 0 Å². The third-order valence-corrected chi connectivity index (χ3v) is 5.16. The second kappa shape index (κ2) is 8.26. The van der Waals surface area contributed by atoms with E-state index in [9.17, 15) is 4.79 Å². The standard InChI is InChI=1S/C22H24N6O/c1-16-6-5-7-17(2)20(16)26-21(29)18-14-24-22(25-15-18)28-12-10-27(11-13-28)19-8-3-4-9-23-19/h3-9,14-15H,10-13H2,1-2H3,(H,26,29). The molecule has 148 valence electrons. The maximum Gasteiger partial charge on any atom is 0.258 e.